The minimum atomic E-state index is -1.59. The number of amides is 1. The highest BCUT2D eigenvalue weighted by atomic mass is 16.7. The molecule has 0 saturated carbocycles. The van der Waals surface area contributed by atoms with Crippen LogP contribution in [0.25, 0.3) is 0 Å². The Morgan fingerprint density at radius 2 is 0.733 bits per heavy atom. The van der Waals surface area contributed by atoms with Gasteiger partial charge in [0.05, 0.1) is 25.4 Å². The molecule has 490 valence electrons. The van der Waals surface area contributed by atoms with Crippen molar-refractivity contribution < 1.29 is 39.8 Å². The van der Waals surface area contributed by atoms with Crippen LogP contribution in [0.5, 0.6) is 0 Å². The summed E-state index contributed by atoms with van der Waals surface area (Å²) >= 11 is 0. The second-order valence-electron chi connectivity index (χ2n) is 23.6. The third kappa shape index (κ3) is 52.1. The van der Waals surface area contributed by atoms with E-state index in [9.17, 15) is 30.3 Å². The van der Waals surface area contributed by atoms with Gasteiger partial charge >= 0.3 is 0 Å². The van der Waals surface area contributed by atoms with Crippen molar-refractivity contribution in [2.24, 2.45) is 0 Å². The lowest BCUT2D eigenvalue weighted by Gasteiger charge is -2.40. The summed E-state index contributed by atoms with van der Waals surface area (Å²) in [4.78, 5) is 13.1. The van der Waals surface area contributed by atoms with Crippen LogP contribution < -0.4 is 5.32 Å². The Morgan fingerprint density at radius 3 is 1.12 bits per heavy atom. The predicted octanol–water partition coefficient (Wildman–Crippen LogP) is 19.4. The quantitative estimate of drug-likeness (QED) is 0.0261. The first-order valence-electron chi connectivity index (χ1n) is 35.1. The Bertz CT molecular complexity index is 1870. The third-order valence-electron chi connectivity index (χ3n) is 15.6. The summed E-state index contributed by atoms with van der Waals surface area (Å²) in [5.74, 6) is -0.214. The number of unbranched alkanes of at least 4 members (excludes halogenated alkanes) is 27. The minimum absolute atomic E-state index is 0.214. The normalized spacial score (nSPS) is 19.0. The molecule has 1 aliphatic rings. The number of rotatable bonds is 59. The largest absolute Gasteiger partial charge is 0.394 e. The van der Waals surface area contributed by atoms with Crippen molar-refractivity contribution >= 4 is 5.91 Å². The van der Waals surface area contributed by atoms with Crippen LogP contribution in [-0.4, -0.2) is 87.5 Å². The molecule has 7 unspecified atom stereocenters. The molecule has 0 aromatic rings. The molecule has 9 nitrogen and oxygen atoms in total. The number of carbonyl (C=O) groups is 1. The van der Waals surface area contributed by atoms with Gasteiger partial charge in [-0.2, -0.15) is 0 Å². The standard InChI is InChI=1S/C77H129NO8/c1-3-5-7-9-11-13-15-17-19-21-23-25-27-29-31-33-35-36-37-39-41-43-45-47-49-51-53-55-57-59-61-63-65-67-73(81)78-70(69-85-77-76(84)75(83)74(82)72(68-79)86-77)71(80)66-64-62-60-58-56-54-52-50-48-46-44-42-40-38-34-32-30-28-26-24-22-20-18-16-14-12-10-8-6-4-2/h5,7,11,13,17,19,23,25,29,31,35-36,39,41,45,47-48,50-51,53,56,58,64,66,70-72,74-77,79-80,82-84H,3-4,6,8-10,12,14-16,18,20-22,24,26-28,30,32-34,37-38,40,42-44,46,49,52,54-55,57,59-63,65,67-69H2,1-2H3,(H,78,81)/b7-5-,13-11-,19-17-,25-23-,31-29-,36-35-,41-39-,47-45-,50-48+,53-51-,58-56+,66-64+. The fourth-order valence-electron chi connectivity index (χ4n) is 10.2. The van der Waals surface area contributed by atoms with Gasteiger partial charge in [0, 0.05) is 6.42 Å². The fraction of sp³-hybridized carbons (Fsp3) is 0.675. The molecule has 0 spiro atoms. The van der Waals surface area contributed by atoms with Crippen molar-refractivity contribution in [2.45, 2.75) is 320 Å². The summed E-state index contributed by atoms with van der Waals surface area (Å²) < 4.78 is 11.3. The Kier molecular flexibility index (Phi) is 59.7. The summed E-state index contributed by atoms with van der Waals surface area (Å²) in [6.07, 6.45) is 92.3. The lowest BCUT2D eigenvalue weighted by Crippen LogP contribution is -2.60. The van der Waals surface area contributed by atoms with E-state index >= 15 is 0 Å². The third-order valence-corrected chi connectivity index (χ3v) is 15.6. The Hall–Kier alpha value is -3.93. The highest BCUT2D eigenvalue weighted by molar-refractivity contribution is 5.76. The molecule has 0 radical (unpaired) electrons. The zero-order valence-corrected chi connectivity index (χ0v) is 54.8. The van der Waals surface area contributed by atoms with E-state index in [1.807, 2.05) is 6.08 Å². The summed E-state index contributed by atoms with van der Waals surface area (Å²) in [5, 5.41) is 54.7. The first-order valence-corrected chi connectivity index (χ1v) is 35.1. The molecule has 1 saturated heterocycles. The van der Waals surface area contributed by atoms with Gasteiger partial charge in [-0.15, -0.1) is 0 Å². The lowest BCUT2D eigenvalue weighted by molar-refractivity contribution is -0.302. The number of ether oxygens (including phenoxy) is 2. The van der Waals surface area contributed by atoms with Crippen molar-refractivity contribution in [1.82, 2.24) is 5.32 Å². The second kappa shape index (κ2) is 64.1. The maximum Gasteiger partial charge on any atom is 0.220 e. The predicted molar refractivity (Wildman–Crippen MR) is 368 cm³/mol. The highest BCUT2D eigenvalue weighted by Crippen LogP contribution is 2.23. The van der Waals surface area contributed by atoms with Crippen molar-refractivity contribution in [3.05, 3.63) is 146 Å². The van der Waals surface area contributed by atoms with Crippen LogP contribution in [0.3, 0.4) is 0 Å². The van der Waals surface area contributed by atoms with E-state index < -0.39 is 49.5 Å². The van der Waals surface area contributed by atoms with Crippen LogP contribution in [0, 0.1) is 0 Å². The van der Waals surface area contributed by atoms with E-state index in [1.54, 1.807) is 6.08 Å². The monoisotopic (exact) mass is 1200 g/mol. The van der Waals surface area contributed by atoms with Gasteiger partial charge in [-0.05, 0) is 116 Å². The van der Waals surface area contributed by atoms with Gasteiger partial charge in [-0.25, -0.2) is 0 Å². The number of nitrogens with one attached hydrogen (secondary N) is 1. The number of aliphatic hydroxyl groups excluding tert-OH is 5. The van der Waals surface area contributed by atoms with Crippen LogP contribution >= 0.6 is 0 Å². The van der Waals surface area contributed by atoms with Crippen molar-refractivity contribution in [3.8, 4) is 0 Å². The van der Waals surface area contributed by atoms with E-state index in [2.05, 4.69) is 153 Å². The average Bonchev–Trinajstić information content (AvgIpc) is 2.60. The van der Waals surface area contributed by atoms with Crippen LogP contribution in [0.2, 0.25) is 0 Å². The number of carbonyl (C=O) groups excluding carboxylic acids is 1. The maximum atomic E-state index is 13.1. The van der Waals surface area contributed by atoms with Crippen LogP contribution in [0.4, 0.5) is 0 Å². The summed E-state index contributed by atoms with van der Waals surface area (Å²) in [5.41, 5.74) is 0. The summed E-state index contributed by atoms with van der Waals surface area (Å²) in [6.45, 7) is 3.65. The molecule has 0 bridgehead atoms. The van der Waals surface area contributed by atoms with Crippen LogP contribution in [0.15, 0.2) is 146 Å². The Balaban J connectivity index is 2.23. The number of aliphatic hydroxyl groups is 5. The molecule has 7 atom stereocenters. The molecule has 0 aliphatic carbocycles. The molecule has 0 aromatic carbocycles. The zero-order chi connectivity index (χ0) is 62.1. The average molecular weight is 1200 g/mol. The highest BCUT2D eigenvalue weighted by Gasteiger charge is 2.44. The molecular weight excluding hydrogens is 1070 g/mol. The smallest absolute Gasteiger partial charge is 0.220 e. The molecule has 1 amide bonds. The van der Waals surface area contributed by atoms with E-state index in [0.29, 0.717) is 6.42 Å². The molecular formula is C77H129NO8. The Morgan fingerprint density at radius 1 is 0.407 bits per heavy atom. The minimum Gasteiger partial charge on any atom is -0.394 e. The number of allylic oxidation sites excluding steroid dienone is 23. The molecule has 9 heteroatoms. The molecule has 1 rings (SSSR count). The molecule has 6 N–H and O–H groups in total. The number of hydrogen-bond donors (Lipinski definition) is 6. The first kappa shape index (κ1) is 80.1. The van der Waals surface area contributed by atoms with Gasteiger partial charge in [0.25, 0.3) is 0 Å². The molecule has 0 aromatic heterocycles. The molecule has 1 fully saturated rings. The van der Waals surface area contributed by atoms with Crippen molar-refractivity contribution in [3.63, 3.8) is 0 Å². The van der Waals surface area contributed by atoms with Crippen LogP contribution in [-0.2, 0) is 14.3 Å². The molecule has 86 heavy (non-hydrogen) atoms. The zero-order valence-electron chi connectivity index (χ0n) is 54.8. The maximum absolute atomic E-state index is 13.1. The topological polar surface area (TPSA) is 149 Å². The molecule has 1 aliphatic heterocycles. The van der Waals surface area contributed by atoms with E-state index in [1.165, 1.54) is 128 Å². The summed E-state index contributed by atoms with van der Waals surface area (Å²) in [7, 11) is 0. The van der Waals surface area contributed by atoms with E-state index in [4.69, 9.17) is 9.47 Å². The van der Waals surface area contributed by atoms with Gasteiger partial charge in [0.1, 0.15) is 24.4 Å². The Labute approximate surface area is 527 Å². The second-order valence-corrected chi connectivity index (χ2v) is 23.6. The van der Waals surface area contributed by atoms with Gasteiger partial charge in [-0.1, -0.05) is 301 Å². The lowest BCUT2D eigenvalue weighted by atomic mass is 9.99. The molecule has 1 heterocycles. The van der Waals surface area contributed by atoms with Crippen molar-refractivity contribution in [2.75, 3.05) is 13.2 Å². The fourth-order valence-corrected chi connectivity index (χ4v) is 10.2. The van der Waals surface area contributed by atoms with E-state index in [-0.39, 0.29) is 12.5 Å². The van der Waals surface area contributed by atoms with Gasteiger partial charge in [0.2, 0.25) is 5.91 Å². The summed E-state index contributed by atoms with van der Waals surface area (Å²) in [6, 6.07) is -0.853. The number of hydrogen-bond acceptors (Lipinski definition) is 8. The van der Waals surface area contributed by atoms with Gasteiger partial charge < -0.3 is 40.3 Å². The SMILES string of the molecule is CC/C=C\C/C=C\C/C=C\C/C=C\C/C=C\C/C=C\C/C=C\C/C=C\C/C=C\CCCCCCCC(=O)NC(COC1OC(CO)C(O)C(O)C1O)C(O)/C=C/CC/C=C/CC/C=C/CCCCCCCCCCCCCCCCCCCCCC. The van der Waals surface area contributed by atoms with Crippen molar-refractivity contribution in [1.29, 1.82) is 0 Å². The van der Waals surface area contributed by atoms with Gasteiger partial charge in [0.15, 0.2) is 6.29 Å². The van der Waals surface area contributed by atoms with E-state index in [0.717, 1.165) is 128 Å². The van der Waals surface area contributed by atoms with Crippen LogP contribution in [0.1, 0.15) is 277 Å². The van der Waals surface area contributed by atoms with Gasteiger partial charge in [-0.3, -0.25) is 4.79 Å². The first-order chi connectivity index (χ1) is 42.3.